The van der Waals surface area contributed by atoms with Gasteiger partial charge >= 0.3 is 0 Å². The van der Waals surface area contributed by atoms with Crippen LogP contribution >= 0.6 is 11.3 Å². The Hall–Kier alpha value is -3.03. The molecule has 0 bridgehead atoms. The van der Waals surface area contributed by atoms with Crippen molar-refractivity contribution in [3.8, 4) is 0 Å². The van der Waals surface area contributed by atoms with Crippen molar-refractivity contribution in [1.82, 2.24) is 9.80 Å². The summed E-state index contributed by atoms with van der Waals surface area (Å²) in [6, 6.07) is 16.0. The third kappa shape index (κ3) is 5.21. The van der Waals surface area contributed by atoms with Gasteiger partial charge in [-0.15, -0.1) is 11.3 Å². The van der Waals surface area contributed by atoms with Gasteiger partial charge in [0.05, 0.1) is 11.6 Å². The summed E-state index contributed by atoms with van der Waals surface area (Å²) in [5.41, 5.74) is 3.31. The van der Waals surface area contributed by atoms with Gasteiger partial charge in [0.25, 0.3) is 5.91 Å². The van der Waals surface area contributed by atoms with Crippen LogP contribution in [-0.4, -0.2) is 55.0 Å². The summed E-state index contributed by atoms with van der Waals surface area (Å²) in [4.78, 5) is 31.4. The van der Waals surface area contributed by atoms with E-state index in [2.05, 4.69) is 35.7 Å². The molecule has 7 heteroatoms. The maximum atomic E-state index is 14.4. The number of nitrogens with zero attached hydrogens (tertiary/aromatic N) is 2. The highest BCUT2D eigenvalue weighted by Gasteiger charge is 2.34. The number of amides is 2. The highest BCUT2D eigenvalue weighted by Crippen LogP contribution is 2.38. The van der Waals surface area contributed by atoms with Crippen molar-refractivity contribution < 1.29 is 18.7 Å². The molecule has 1 aromatic heterocycles. The van der Waals surface area contributed by atoms with Gasteiger partial charge in [0.2, 0.25) is 5.91 Å². The van der Waals surface area contributed by atoms with Gasteiger partial charge in [0, 0.05) is 31.7 Å². The lowest BCUT2D eigenvalue weighted by Gasteiger charge is -2.37. The quantitative estimate of drug-likeness (QED) is 0.433. The van der Waals surface area contributed by atoms with Crippen LogP contribution in [0.5, 0.6) is 0 Å². The number of aryl methyl sites for hydroxylation is 1. The molecule has 0 fully saturated rings. The predicted molar refractivity (Wildman–Crippen MR) is 132 cm³/mol. The summed E-state index contributed by atoms with van der Waals surface area (Å²) in [5.74, 6) is -1.22. The smallest absolute Gasteiger partial charge is 0.257 e. The number of hydrogen-bond donors (Lipinski definition) is 0. The van der Waals surface area contributed by atoms with Crippen molar-refractivity contribution in [2.75, 3.05) is 33.4 Å². The predicted octanol–water partition coefficient (Wildman–Crippen LogP) is 4.85. The first-order valence-electron chi connectivity index (χ1n) is 11.4. The normalized spacial score (nSPS) is 15.1. The Bertz CT molecular complexity index is 1140. The van der Waals surface area contributed by atoms with Crippen LogP contribution in [0.1, 0.15) is 44.4 Å². The molecule has 0 saturated carbocycles. The SMILES string of the molecule is COCCCN(CC(=O)N1CCc2sccc2C1c1ccc(C)cc1)C(=O)c1ccccc1F. The average Bonchev–Trinajstić information content (AvgIpc) is 3.32. The maximum absolute atomic E-state index is 14.4. The summed E-state index contributed by atoms with van der Waals surface area (Å²) in [7, 11) is 1.59. The first kappa shape index (κ1) is 24.1. The van der Waals surface area contributed by atoms with E-state index < -0.39 is 11.7 Å². The zero-order valence-corrected chi connectivity index (χ0v) is 20.3. The van der Waals surface area contributed by atoms with Crippen molar-refractivity contribution >= 4 is 23.2 Å². The van der Waals surface area contributed by atoms with Crippen LogP contribution in [0.3, 0.4) is 0 Å². The molecule has 0 aliphatic carbocycles. The Kier molecular flexibility index (Phi) is 7.75. The summed E-state index contributed by atoms with van der Waals surface area (Å²) in [6.07, 6.45) is 1.34. The van der Waals surface area contributed by atoms with Crippen molar-refractivity contribution in [2.45, 2.75) is 25.8 Å². The molecule has 2 heterocycles. The molecule has 1 unspecified atom stereocenters. The molecule has 178 valence electrons. The Labute approximate surface area is 203 Å². The van der Waals surface area contributed by atoms with Gasteiger partial charge in [-0.05, 0) is 54.5 Å². The lowest BCUT2D eigenvalue weighted by molar-refractivity contribution is -0.134. The molecule has 1 atom stereocenters. The van der Waals surface area contributed by atoms with Gasteiger partial charge in [-0.25, -0.2) is 4.39 Å². The molecule has 4 rings (SSSR count). The van der Waals surface area contributed by atoms with E-state index in [-0.39, 0.29) is 24.1 Å². The minimum atomic E-state index is -0.588. The monoisotopic (exact) mass is 480 g/mol. The fraction of sp³-hybridized carbons (Fsp3) is 0.333. The number of ether oxygens (including phenoxy) is 1. The second kappa shape index (κ2) is 10.9. The number of thiophene rings is 1. The number of carbonyl (C=O) groups excluding carboxylic acids is 2. The van der Waals surface area contributed by atoms with Crippen LogP contribution in [0.2, 0.25) is 0 Å². The van der Waals surface area contributed by atoms with E-state index in [1.165, 1.54) is 21.9 Å². The second-order valence-electron chi connectivity index (χ2n) is 8.50. The highest BCUT2D eigenvalue weighted by atomic mass is 32.1. The molecular weight excluding hydrogens is 451 g/mol. The average molecular weight is 481 g/mol. The maximum Gasteiger partial charge on any atom is 0.257 e. The van der Waals surface area contributed by atoms with Crippen LogP contribution in [0.15, 0.2) is 60.0 Å². The van der Waals surface area contributed by atoms with E-state index in [9.17, 15) is 14.0 Å². The van der Waals surface area contributed by atoms with Gasteiger partial charge in [-0.3, -0.25) is 9.59 Å². The van der Waals surface area contributed by atoms with Gasteiger partial charge in [0.1, 0.15) is 12.4 Å². The standard InChI is InChI=1S/C27H29FN2O3S/c1-19-8-10-20(11-9-19)26-22-13-17-34-24(22)12-15-30(26)25(31)18-29(14-5-16-33-2)27(32)21-6-3-4-7-23(21)28/h3-4,6-11,13,17,26H,5,12,14-16,18H2,1-2H3. The largest absolute Gasteiger partial charge is 0.385 e. The van der Waals surface area contributed by atoms with Gasteiger partial charge in [0.15, 0.2) is 0 Å². The number of methoxy groups -OCH3 is 1. The Morgan fingerprint density at radius 3 is 2.65 bits per heavy atom. The van der Waals surface area contributed by atoms with E-state index in [4.69, 9.17) is 4.74 Å². The summed E-state index contributed by atoms with van der Waals surface area (Å²) in [6.45, 7) is 3.25. The molecule has 1 aliphatic heterocycles. The highest BCUT2D eigenvalue weighted by molar-refractivity contribution is 7.10. The molecule has 0 spiro atoms. The number of rotatable bonds is 8. The molecule has 2 amide bonds. The lowest BCUT2D eigenvalue weighted by Crippen LogP contribution is -2.47. The Morgan fingerprint density at radius 1 is 1.15 bits per heavy atom. The van der Waals surface area contributed by atoms with Crippen LogP contribution < -0.4 is 0 Å². The Morgan fingerprint density at radius 2 is 1.91 bits per heavy atom. The zero-order valence-electron chi connectivity index (χ0n) is 19.5. The number of fused-ring (bicyclic) bond motifs is 1. The summed E-state index contributed by atoms with van der Waals surface area (Å²) in [5, 5.41) is 2.07. The fourth-order valence-corrected chi connectivity index (χ4v) is 5.31. The number of carbonyl (C=O) groups is 2. The first-order chi connectivity index (χ1) is 16.5. The lowest BCUT2D eigenvalue weighted by atomic mass is 9.92. The molecule has 34 heavy (non-hydrogen) atoms. The second-order valence-corrected chi connectivity index (χ2v) is 9.50. The van der Waals surface area contributed by atoms with Crippen molar-refractivity contribution in [2.24, 2.45) is 0 Å². The Balaban J connectivity index is 1.61. The van der Waals surface area contributed by atoms with Gasteiger partial charge in [-0.1, -0.05) is 42.0 Å². The van der Waals surface area contributed by atoms with Crippen molar-refractivity contribution in [3.63, 3.8) is 0 Å². The zero-order chi connectivity index (χ0) is 24.1. The van der Waals surface area contributed by atoms with E-state index in [0.717, 1.165) is 23.1 Å². The number of benzene rings is 2. The van der Waals surface area contributed by atoms with Crippen molar-refractivity contribution in [3.05, 3.63) is 92.9 Å². The minimum Gasteiger partial charge on any atom is -0.385 e. The van der Waals surface area contributed by atoms with Crippen LogP contribution in [0, 0.1) is 12.7 Å². The molecule has 2 aromatic carbocycles. The summed E-state index contributed by atoms with van der Waals surface area (Å²) < 4.78 is 19.5. The molecule has 3 aromatic rings. The minimum absolute atomic E-state index is 0.0263. The summed E-state index contributed by atoms with van der Waals surface area (Å²) >= 11 is 1.71. The van der Waals surface area contributed by atoms with Crippen LogP contribution in [-0.2, 0) is 16.0 Å². The van der Waals surface area contributed by atoms with E-state index >= 15 is 0 Å². The van der Waals surface area contributed by atoms with Crippen molar-refractivity contribution in [1.29, 1.82) is 0 Å². The number of halogens is 1. The van der Waals surface area contributed by atoms with Gasteiger partial charge < -0.3 is 14.5 Å². The molecular formula is C27H29FN2O3S. The topological polar surface area (TPSA) is 49.9 Å². The molecule has 0 saturated heterocycles. The van der Waals surface area contributed by atoms with Gasteiger partial charge in [-0.2, -0.15) is 0 Å². The molecule has 5 nitrogen and oxygen atoms in total. The molecule has 0 radical (unpaired) electrons. The first-order valence-corrected chi connectivity index (χ1v) is 12.3. The third-order valence-corrected chi connectivity index (χ3v) is 7.17. The molecule has 1 aliphatic rings. The van der Waals surface area contributed by atoms with E-state index in [0.29, 0.717) is 26.1 Å². The van der Waals surface area contributed by atoms with Crippen LogP contribution in [0.25, 0.3) is 0 Å². The van der Waals surface area contributed by atoms with Crippen LogP contribution in [0.4, 0.5) is 4.39 Å². The fourth-order valence-electron chi connectivity index (χ4n) is 4.40. The van der Waals surface area contributed by atoms with E-state index in [1.54, 1.807) is 30.6 Å². The number of hydrogen-bond acceptors (Lipinski definition) is 4. The third-order valence-electron chi connectivity index (χ3n) is 6.17. The molecule has 0 N–H and O–H groups in total. The van der Waals surface area contributed by atoms with E-state index in [1.807, 2.05) is 11.8 Å².